The first-order valence-corrected chi connectivity index (χ1v) is 15.9. The SMILES string of the molecule is C=CC(=O)N1CC[C@@H](N(C)c2nc(OC[C@@H]3CCCN3C)nc3cc(-c4ccc(F)c5sc(N)c(C#N)c45)c(F)cc23)[C@H]1COC. The molecule has 10 nitrogen and oxygen atoms in total. The van der Waals surface area contributed by atoms with Gasteiger partial charge in [0.1, 0.15) is 35.1 Å². The van der Waals surface area contributed by atoms with Crippen molar-refractivity contribution in [1.29, 1.82) is 5.26 Å². The number of nitrogens with two attached hydrogens (primary N) is 1. The van der Waals surface area contributed by atoms with E-state index in [2.05, 4.69) is 18.5 Å². The number of benzene rings is 2. The number of methoxy groups -OCH3 is 1. The Balaban J connectivity index is 1.49. The zero-order valence-electron chi connectivity index (χ0n) is 25.9. The van der Waals surface area contributed by atoms with Gasteiger partial charge in [-0.25, -0.2) is 8.78 Å². The van der Waals surface area contributed by atoms with E-state index in [4.69, 9.17) is 25.2 Å². The molecule has 0 aliphatic carbocycles. The first kappa shape index (κ1) is 31.6. The van der Waals surface area contributed by atoms with Crippen LogP contribution >= 0.6 is 11.3 Å². The summed E-state index contributed by atoms with van der Waals surface area (Å²) in [5.41, 5.74) is 7.04. The number of amides is 1. The summed E-state index contributed by atoms with van der Waals surface area (Å²) in [6.07, 6.45) is 3.99. The lowest BCUT2D eigenvalue weighted by Crippen LogP contribution is -2.48. The van der Waals surface area contributed by atoms with E-state index in [1.54, 1.807) is 18.1 Å². The topological polar surface area (TPSA) is 121 Å². The number of nitriles is 1. The van der Waals surface area contributed by atoms with Crippen molar-refractivity contribution in [2.24, 2.45) is 0 Å². The summed E-state index contributed by atoms with van der Waals surface area (Å²) in [4.78, 5) is 28.1. The molecule has 0 radical (unpaired) electrons. The van der Waals surface area contributed by atoms with Crippen LogP contribution in [-0.4, -0.2) is 91.3 Å². The van der Waals surface area contributed by atoms with Crippen molar-refractivity contribution >= 4 is 49.1 Å². The molecule has 3 atom stereocenters. The number of rotatable bonds is 9. The predicted molar refractivity (Wildman–Crippen MR) is 175 cm³/mol. The maximum Gasteiger partial charge on any atom is 0.319 e. The molecule has 240 valence electrons. The number of carbonyl (C=O) groups excluding carboxylic acids is 1. The summed E-state index contributed by atoms with van der Waals surface area (Å²) in [5, 5.41) is 10.7. The molecule has 4 aromatic rings. The number of nitrogens with zero attached hydrogens (tertiary/aromatic N) is 6. The Hall–Kier alpha value is -4.38. The molecule has 0 unspecified atom stereocenters. The fraction of sp³-hybridized carbons (Fsp3) is 0.394. The van der Waals surface area contributed by atoms with E-state index in [-0.39, 0.29) is 56.3 Å². The van der Waals surface area contributed by atoms with E-state index in [1.807, 2.05) is 18.0 Å². The van der Waals surface area contributed by atoms with Crippen molar-refractivity contribution in [2.75, 3.05) is 58.1 Å². The molecular weight excluding hydrogens is 612 g/mol. The first-order chi connectivity index (χ1) is 22.2. The van der Waals surface area contributed by atoms with Crippen LogP contribution in [-0.2, 0) is 9.53 Å². The summed E-state index contributed by atoms with van der Waals surface area (Å²) < 4.78 is 42.9. The van der Waals surface area contributed by atoms with Crippen LogP contribution < -0.4 is 15.4 Å². The standard InChI is InChI=1S/C33H35F2N7O3S/c1-5-28(43)42-12-10-26(27(42)17-44-4)41(3)32-21-13-24(35)20(19-8-9-23(34)30-29(19)22(15-36)31(37)46-30)14-25(21)38-33(39-32)45-16-18-7-6-11-40(18)2/h5,8-9,13-14,18,26-27H,1,6-7,10-12,16-17,37H2,2-4H3/t18-,26+,27+/m0/s1. The van der Waals surface area contributed by atoms with Gasteiger partial charge in [0.25, 0.3) is 0 Å². The molecule has 0 bridgehead atoms. The summed E-state index contributed by atoms with van der Waals surface area (Å²) in [5.74, 6) is -0.895. The third kappa shape index (κ3) is 5.50. The second-order valence-electron chi connectivity index (χ2n) is 11.7. The highest BCUT2D eigenvalue weighted by Crippen LogP contribution is 2.43. The Morgan fingerprint density at radius 3 is 2.72 bits per heavy atom. The van der Waals surface area contributed by atoms with Crippen molar-refractivity contribution in [2.45, 2.75) is 37.4 Å². The number of ether oxygens (including phenoxy) is 2. The average Bonchev–Trinajstić information content (AvgIpc) is 3.75. The molecule has 4 heterocycles. The largest absolute Gasteiger partial charge is 0.462 e. The lowest BCUT2D eigenvalue weighted by atomic mass is 9.97. The number of likely N-dealkylation sites (N-methyl/N-ethyl adjacent to an activating group) is 2. The van der Waals surface area contributed by atoms with Gasteiger partial charge in [0.05, 0.1) is 34.5 Å². The molecule has 2 aliphatic heterocycles. The first-order valence-electron chi connectivity index (χ1n) is 15.1. The molecular formula is C33H35F2N7O3S. The van der Waals surface area contributed by atoms with E-state index < -0.39 is 11.6 Å². The highest BCUT2D eigenvalue weighted by molar-refractivity contribution is 7.23. The normalized spacial score (nSPS) is 20.0. The van der Waals surface area contributed by atoms with Crippen LogP contribution in [0.5, 0.6) is 6.01 Å². The van der Waals surface area contributed by atoms with E-state index in [0.717, 1.165) is 30.7 Å². The van der Waals surface area contributed by atoms with Crippen LogP contribution in [0.15, 0.2) is 36.9 Å². The number of carbonyl (C=O) groups is 1. The molecule has 13 heteroatoms. The maximum atomic E-state index is 16.2. The number of aromatic nitrogens is 2. The molecule has 46 heavy (non-hydrogen) atoms. The molecule has 2 saturated heterocycles. The third-order valence-corrected chi connectivity index (χ3v) is 10.2. The van der Waals surface area contributed by atoms with Crippen molar-refractivity contribution in [3.63, 3.8) is 0 Å². The minimum Gasteiger partial charge on any atom is -0.462 e. The van der Waals surface area contributed by atoms with Crippen LogP contribution in [0.4, 0.5) is 19.6 Å². The highest BCUT2D eigenvalue weighted by Gasteiger charge is 2.39. The zero-order valence-corrected chi connectivity index (χ0v) is 26.7. The van der Waals surface area contributed by atoms with Crippen molar-refractivity contribution < 1.29 is 23.0 Å². The predicted octanol–water partition coefficient (Wildman–Crippen LogP) is 4.95. The monoisotopic (exact) mass is 647 g/mol. The molecule has 2 fully saturated rings. The van der Waals surface area contributed by atoms with Crippen LogP contribution in [0.2, 0.25) is 0 Å². The molecule has 2 N–H and O–H groups in total. The van der Waals surface area contributed by atoms with Gasteiger partial charge in [-0.15, -0.1) is 11.3 Å². The van der Waals surface area contributed by atoms with Gasteiger partial charge < -0.3 is 29.9 Å². The minimum atomic E-state index is -0.600. The van der Waals surface area contributed by atoms with Crippen LogP contribution in [0.3, 0.4) is 0 Å². The van der Waals surface area contributed by atoms with Crippen LogP contribution in [0.1, 0.15) is 24.8 Å². The van der Waals surface area contributed by atoms with Gasteiger partial charge in [-0.1, -0.05) is 12.6 Å². The number of nitrogen functional groups attached to an aromatic ring is 1. The summed E-state index contributed by atoms with van der Waals surface area (Å²) in [7, 11) is 5.49. The summed E-state index contributed by atoms with van der Waals surface area (Å²) in [6.45, 7) is 5.80. The van der Waals surface area contributed by atoms with Gasteiger partial charge in [-0.2, -0.15) is 15.2 Å². The van der Waals surface area contributed by atoms with Gasteiger partial charge in [0, 0.05) is 43.1 Å². The van der Waals surface area contributed by atoms with Crippen molar-refractivity contribution in [1.82, 2.24) is 19.8 Å². The highest BCUT2D eigenvalue weighted by atomic mass is 32.1. The third-order valence-electron chi connectivity index (χ3n) is 9.18. The fourth-order valence-electron chi connectivity index (χ4n) is 6.75. The Morgan fingerprint density at radius 1 is 1.22 bits per heavy atom. The van der Waals surface area contributed by atoms with E-state index in [1.165, 1.54) is 24.3 Å². The maximum absolute atomic E-state index is 16.2. The van der Waals surface area contributed by atoms with Gasteiger partial charge in [0.2, 0.25) is 5.91 Å². The Morgan fingerprint density at radius 2 is 2.02 bits per heavy atom. The molecule has 6 rings (SSSR count). The van der Waals surface area contributed by atoms with Gasteiger partial charge in [-0.3, -0.25) is 4.79 Å². The Bertz CT molecular complexity index is 1880. The van der Waals surface area contributed by atoms with Gasteiger partial charge in [0.15, 0.2) is 0 Å². The summed E-state index contributed by atoms with van der Waals surface area (Å²) >= 11 is 0.955. The smallest absolute Gasteiger partial charge is 0.319 e. The van der Waals surface area contributed by atoms with Crippen LogP contribution in [0, 0.1) is 23.0 Å². The molecule has 0 spiro atoms. The van der Waals surface area contributed by atoms with Gasteiger partial charge in [-0.05, 0) is 62.7 Å². The van der Waals surface area contributed by atoms with Crippen molar-refractivity contribution in [3.05, 3.63) is 54.1 Å². The summed E-state index contributed by atoms with van der Waals surface area (Å²) in [6, 6.07) is 7.53. The molecule has 0 saturated carbocycles. The van der Waals surface area contributed by atoms with Crippen molar-refractivity contribution in [3.8, 4) is 23.2 Å². The second kappa shape index (κ2) is 12.8. The number of thiophene rings is 1. The quantitative estimate of drug-likeness (QED) is 0.252. The number of hydrogen-bond donors (Lipinski definition) is 1. The number of anilines is 2. The van der Waals surface area contributed by atoms with Crippen LogP contribution in [0.25, 0.3) is 32.1 Å². The van der Waals surface area contributed by atoms with E-state index in [0.29, 0.717) is 48.5 Å². The molecule has 1 amide bonds. The fourth-order valence-corrected chi connectivity index (χ4v) is 7.70. The Labute approximate surface area is 269 Å². The number of hydrogen-bond acceptors (Lipinski definition) is 10. The minimum absolute atomic E-state index is 0.103. The van der Waals surface area contributed by atoms with Gasteiger partial charge >= 0.3 is 6.01 Å². The van der Waals surface area contributed by atoms with E-state index >= 15 is 4.39 Å². The second-order valence-corrected chi connectivity index (χ2v) is 12.8. The lowest BCUT2D eigenvalue weighted by Gasteiger charge is -2.33. The molecule has 2 aromatic heterocycles. The molecule has 2 aliphatic rings. The number of halogens is 2. The Kier molecular flexibility index (Phi) is 8.78. The zero-order chi connectivity index (χ0) is 32.7. The average molecular weight is 648 g/mol. The number of likely N-dealkylation sites (tertiary alicyclic amines) is 2. The molecule has 2 aromatic carbocycles. The number of fused-ring (bicyclic) bond motifs is 2. The van der Waals surface area contributed by atoms with E-state index in [9.17, 15) is 14.4 Å². The lowest BCUT2D eigenvalue weighted by molar-refractivity contribution is -0.127.